The minimum Gasteiger partial charge on any atom is -0.317 e. The van der Waals surface area contributed by atoms with Crippen LogP contribution in [-0.4, -0.2) is 33.0 Å². The lowest BCUT2D eigenvalue weighted by molar-refractivity contribution is 0.374. The summed E-state index contributed by atoms with van der Waals surface area (Å²) in [5.41, 5.74) is 0.864. The third kappa shape index (κ3) is 2.58. The van der Waals surface area contributed by atoms with Crippen molar-refractivity contribution in [1.82, 2.24) is 25.2 Å². The minimum atomic E-state index is 0. The average molecular weight is 340 g/mol. The smallest absolute Gasteiger partial charge is 0.317 e. The van der Waals surface area contributed by atoms with Crippen molar-refractivity contribution in [1.29, 1.82) is 0 Å². The van der Waals surface area contributed by atoms with Crippen molar-refractivity contribution in [3.05, 3.63) is 35.2 Å². The average Bonchev–Trinajstić information content (AvgIpc) is 3.14. The van der Waals surface area contributed by atoms with Gasteiger partial charge >= 0.3 is 6.01 Å². The Morgan fingerprint density at radius 1 is 1.23 bits per heavy atom. The molecule has 0 spiro atoms. The van der Waals surface area contributed by atoms with Crippen LogP contribution in [0, 0.1) is 0 Å². The van der Waals surface area contributed by atoms with Crippen LogP contribution < -0.4 is 5.32 Å². The maximum Gasteiger partial charge on any atom is 0.349 e. The van der Waals surface area contributed by atoms with Crippen molar-refractivity contribution in [2.45, 2.75) is 18.8 Å². The van der Waals surface area contributed by atoms with Gasteiger partial charge in [0.15, 0.2) is 11.0 Å². The van der Waals surface area contributed by atoms with Crippen molar-refractivity contribution >= 4 is 34.9 Å². The van der Waals surface area contributed by atoms with Crippen molar-refractivity contribution in [3.8, 4) is 6.01 Å². The lowest BCUT2D eigenvalue weighted by Gasteiger charge is -2.18. The van der Waals surface area contributed by atoms with Crippen LogP contribution in [-0.2, 0) is 0 Å². The lowest BCUT2D eigenvalue weighted by atomic mass is 9.98. The van der Waals surface area contributed by atoms with Crippen LogP contribution in [0.15, 0.2) is 28.8 Å². The SMILES string of the molecule is Cl.Clc1nn(-c2nc(C3CCNCC3)no2)c2ccccc12. The number of aromatic nitrogens is 4. The molecule has 116 valence electrons. The number of rotatable bonds is 2. The molecule has 8 heteroatoms. The lowest BCUT2D eigenvalue weighted by Crippen LogP contribution is -2.27. The van der Waals surface area contributed by atoms with Crippen LogP contribution in [0.1, 0.15) is 24.6 Å². The zero-order valence-corrected chi connectivity index (χ0v) is 13.3. The molecule has 0 saturated carbocycles. The summed E-state index contributed by atoms with van der Waals surface area (Å²) in [6.45, 7) is 1.98. The summed E-state index contributed by atoms with van der Waals surface area (Å²) in [7, 11) is 0. The van der Waals surface area contributed by atoms with E-state index in [1.165, 1.54) is 0 Å². The third-order valence-corrected chi connectivity index (χ3v) is 4.14. The number of nitrogens with one attached hydrogen (secondary N) is 1. The van der Waals surface area contributed by atoms with E-state index in [4.69, 9.17) is 16.1 Å². The summed E-state index contributed by atoms with van der Waals surface area (Å²) in [5, 5.41) is 13.0. The van der Waals surface area contributed by atoms with Gasteiger partial charge in [0, 0.05) is 11.3 Å². The summed E-state index contributed by atoms with van der Waals surface area (Å²) in [6, 6.07) is 8.08. The molecule has 1 saturated heterocycles. The molecule has 0 aliphatic carbocycles. The molecular weight excluding hydrogens is 325 g/mol. The van der Waals surface area contributed by atoms with Gasteiger partial charge in [-0.3, -0.25) is 0 Å². The monoisotopic (exact) mass is 339 g/mol. The first-order valence-corrected chi connectivity index (χ1v) is 7.38. The Kier molecular flexibility index (Phi) is 4.33. The first-order chi connectivity index (χ1) is 10.3. The molecule has 22 heavy (non-hydrogen) atoms. The summed E-state index contributed by atoms with van der Waals surface area (Å²) >= 11 is 6.15. The number of benzene rings is 1. The van der Waals surface area contributed by atoms with Gasteiger partial charge in [-0.05, 0) is 38.1 Å². The maximum absolute atomic E-state index is 6.15. The summed E-state index contributed by atoms with van der Waals surface area (Å²) < 4.78 is 6.99. The molecule has 0 bridgehead atoms. The van der Waals surface area contributed by atoms with Crippen LogP contribution in [0.25, 0.3) is 16.9 Å². The van der Waals surface area contributed by atoms with Crippen molar-refractivity contribution in [2.24, 2.45) is 0 Å². The van der Waals surface area contributed by atoms with E-state index in [0.717, 1.165) is 42.7 Å². The first kappa shape index (κ1) is 15.3. The molecule has 1 fully saturated rings. The van der Waals surface area contributed by atoms with Crippen molar-refractivity contribution in [2.75, 3.05) is 13.1 Å². The van der Waals surface area contributed by atoms with Crippen molar-refractivity contribution in [3.63, 3.8) is 0 Å². The Labute approximate surface area is 138 Å². The Morgan fingerprint density at radius 2 is 2.00 bits per heavy atom. The first-order valence-electron chi connectivity index (χ1n) is 7.01. The number of hydrogen-bond donors (Lipinski definition) is 1. The third-order valence-electron chi connectivity index (χ3n) is 3.86. The molecule has 1 aliphatic rings. The quantitative estimate of drug-likeness (QED) is 0.777. The zero-order chi connectivity index (χ0) is 14.2. The van der Waals surface area contributed by atoms with Gasteiger partial charge in [-0.1, -0.05) is 28.9 Å². The van der Waals surface area contributed by atoms with E-state index in [0.29, 0.717) is 17.1 Å². The molecule has 1 aromatic carbocycles. The van der Waals surface area contributed by atoms with Gasteiger partial charge in [-0.15, -0.1) is 12.4 Å². The van der Waals surface area contributed by atoms with Gasteiger partial charge in [-0.25, -0.2) is 0 Å². The number of fused-ring (bicyclic) bond motifs is 1. The summed E-state index contributed by atoms with van der Waals surface area (Å²) in [5.74, 6) is 1.10. The van der Waals surface area contributed by atoms with E-state index in [1.54, 1.807) is 4.68 Å². The summed E-state index contributed by atoms with van der Waals surface area (Å²) in [4.78, 5) is 4.50. The van der Waals surface area contributed by atoms with Crippen molar-refractivity contribution < 1.29 is 4.52 Å². The van der Waals surface area contributed by atoms with Crippen LogP contribution in [0.4, 0.5) is 0 Å². The molecule has 0 atom stereocenters. The molecule has 3 heterocycles. The number of para-hydroxylation sites is 1. The molecule has 0 radical (unpaired) electrons. The van der Waals surface area contributed by atoms with Gasteiger partial charge in [-0.2, -0.15) is 14.8 Å². The second-order valence-corrected chi connectivity index (χ2v) is 5.54. The molecule has 4 rings (SSSR count). The topological polar surface area (TPSA) is 68.8 Å². The van der Waals surface area contributed by atoms with E-state index >= 15 is 0 Å². The van der Waals surface area contributed by atoms with Gasteiger partial charge in [0.1, 0.15) is 0 Å². The number of halogens is 2. The highest BCUT2D eigenvalue weighted by atomic mass is 35.5. The predicted octanol–water partition coefficient (Wildman–Crippen LogP) is 2.95. The molecule has 6 nitrogen and oxygen atoms in total. The molecule has 1 aliphatic heterocycles. The Balaban J connectivity index is 0.00000144. The van der Waals surface area contributed by atoms with Gasteiger partial charge in [0.2, 0.25) is 0 Å². The van der Waals surface area contributed by atoms with Gasteiger partial charge in [0.05, 0.1) is 5.52 Å². The molecule has 2 aromatic heterocycles. The number of piperidine rings is 1. The predicted molar refractivity (Wildman–Crippen MR) is 86.0 cm³/mol. The second kappa shape index (κ2) is 6.24. The van der Waals surface area contributed by atoms with E-state index in [9.17, 15) is 0 Å². The Hall–Kier alpha value is -1.63. The van der Waals surface area contributed by atoms with Gasteiger partial charge in [0.25, 0.3) is 0 Å². The van der Waals surface area contributed by atoms with E-state index in [-0.39, 0.29) is 12.4 Å². The van der Waals surface area contributed by atoms with E-state index < -0.39 is 0 Å². The Morgan fingerprint density at radius 3 is 2.82 bits per heavy atom. The van der Waals surface area contributed by atoms with E-state index in [2.05, 4.69) is 20.6 Å². The van der Waals surface area contributed by atoms with E-state index in [1.807, 2.05) is 24.3 Å². The van der Waals surface area contributed by atoms with Crippen LogP contribution >= 0.6 is 24.0 Å². The largest absolute Gasteiger partial charge is 0.349 e. The van der Waals surface area contributed by atoms with Crippen LogP contribution in [0.3, 0.4) is 0 Å². The fourth-order valence-electron chi connectivity index (χ4n) is 2.73. The zero-order valence-electron chi connectivity index (χ0n) is 11.7. The molecule has 1 N–H and O–H groups in total. The minimum absolute atomic E-state index is 0. The maximum atomic E-state index is 6.15. The summed E-state index contributed by atoms with van der Waals surface area (Å²) in [6.07, 6.45) is 2.05. The molecule has 0 amide bonds. The second-order valence-electron chi connectivity index (χ2n) is 5.18. The highest BCUT2D eigenvalue weighted by Crippen LogP contribution is 2.27. The molecule has 3 aromatic rings. The number of nitrogens with zero attached hydrogens (tertiary/aromatic N) is 4. The Bertz CT molecular complexity index is 778. The van der Waals surface area contributed by atoms with Crippen LogP contribution in [0.2, 0.25) is 5.15 Å². The van der Waals surface area contributed by atoms with Crippen LogP contribution in [0.5, 0.6) is 0 Å². The van der Waals surface area contributed by atoms with Gasteiger partial charge < -0.3 is 9.84 Å². The molecule has 0 unspecified atom stereocenters. The fourth-order valence-corrected chi connectivity index (χ4v) is 2.97. The molecular formula is C14H15Cl2N5O. The highest BCUT2D eigenvalue weighted by Gasteiger charge is 2.22. The fraction of sp³-hybridized carbons (Fsp3) is 0.357. The standard InChI is InChI=1S/C14H14ClN5O.ClH/c15-12-10-3-1-2-4-11(10)20(18-12)14-17-13(19-21-14)9-5-7-16-8-6-9;/h1-4,9,16H,5-8H2;1H. The normalized spacial score (nSPS) is 15.9. The highest BCUT2D eigenvalue weighted by molar-refractivity contribution is 6.34. The number of hydrogen-bond acceptors (Lipinski definition) is 5.